The van der Waals surface area contributed by atoms with Crippen molar-refractivity contribution in [2.45, 2.75) is 31.6 Å². The molecule has 6 nitrogen and oxygen atoms in total. The fraction of sp³-hybridized carbons (Fsp3) is 0.500. The highest BCUT2D eigenvalue weighted by atomic mass is 32.2. The average molecular weight is 257 g/mol. The molecule has 0 radical (unpaired) electrons. The van der Waals surface area contributed by atoms with Gasteiger partial charge in [0.2, 0.25) is 5.91 Å². The first-order valence-corrected chi connectivity index (χ1v) is 6.17. The van der Waals surface area contributed by atoms with Gasteiger partial charge in [0.1, 0.15) is 6.04 Å². The number of hydrogen-bond donors (Lipinski definition) is 2. The van der Waals surface area contributed by atoms with Gasteiger partial charge in [0, 0.05) is 31.6 Å². The normalized spacial score (nSPS) is 12.1. The molecule has 0 aromatic carbocycles. The predicted molar refractivity (Wildman–Crippen MR) is 63.9 cm³/mol. The fourth-order valence-electron chi connectivity index (χ4n) is 1.25. The minimum atomic E-state index is -1.04. The Bertz CT molecular complexity index is 405. The lowest BCUT2D eigenvalue weighted by Gasteiger charge is -2.12. The molecule has 0 bridgehead atoms. The highest BCUT2D eigenvalue weighted by Gasteiger charge is 2.19. The molecule has 0 aliphatic rings. The van der Waals surface area contributed by atoms with Gasteiger partial charge < -0.3 is 15.0 Å². The molecule has 0 unspecified atom stereocenters. The Kier molecular flexibility index (Phi) is 5.02. The minimum Gasteiger partial charge on any atom is -0.480 e. The van der Waals surface area contributed by atoms with Crippen molar-refractivity contribution in [1.29, 1.82) is 0 Å². The molecule has 17 heavy (non-hydrogen) atoms. The van der Waals surface area contributed by atoms with E-state index in [1.807, 2.05) is 17.7 Å². The Morgan fingerprint density at radius 2 is 2.35 bits per heavy atom. The summed E-state index contributed by atoms with van der Waals surface area (Å²) in [6, 6.07) is -0.889. The van der Waals surface area contributed by atoms with Gasteiger partial charge in [-0.2, -0.15) is 0 Å². The molecule has 1 heterocycles. The maximum atomic E-state index is 10.9. The van der Waals surface area contributed by atoms with E-state index >= 15 is 0 Å². The van der Waals surface area contributed by atoms with Crippen LogP contribution in [0, 0.1) is 0 Å². The van der Waals surface area contributed by atoms with E-state index in [2.05, 4.69) is 10.3 Å². The minimum absolute atomic E-state index is 0.256. The molecule has 0 fully saturated rings. The van der Waals surface area contributed by atoms with E-state index in [0.29, 0.717) is 0 Å². The quantitative estimate of drug-likeness (QED) is 0.728. The number of aliphatic carboxylic acids is 1. The summed E-state index contributed by atoms with van der Waals surface area (Å²) >= 11 is 1.31. The van der Waals surface area contributed by atoms with Crippen LogP contribution in [-0.4, -0.2) is 38.3 Å². The number of imidazole rings is 1. The molecule has 2 N–H and O–H groups in total. The predicted octanol–water partition coefficient (Wildman–Crippen LogP) is 0.584. The smallest absolute Gasteiger partial charge is 0.327 e. The van der Waals surface area contributed by atoms with E-state index < -0.39 is 12.0 Å². The molecule has 1 atom stereocenters. The van der Waals surface area contributed by atoms with E-state index in [4.69, 9.17) is 5.11 Å². The van der Waals surface area contributed by atoms with Crippen LogP contribution in [0.2, 0.25) is 0 Å². The lowest BCUT2D eigenvalue weighted by atomic mass is 10.3. The summed E-state index contributed by atoms with van der Waals surface area (Å²) in [7, 11) is 0. The number of thioether (sulfide) groups is 1. The molecule has 1 aromatic heterocycles. The van der Waals surface area contributed by atoms with Crippen LogP contribution in [0.4, 0.5) is 0 Å². The van der Waals surface area contributed by atoms with Crippen molar-refractivity contribution in [2.24, 2.45) is 0 Å². The van der Waals surface area contributed by atoms with E-state index in [0.717, 1.165) is 11.7 Å². The van der Waals surface area contributed by atoms with E-state index in [1.54, 1.807) is 6.20 Å². The SMILES string of the molecule is CCn1ccnc1SC[C@H](NC(C)=O)C(=O)O. The van der Waals surface area contributed by atoms with Gasteiger partial charge in [0.05, 0.1) is 0 Å². The zero-order chi connectivity index (χ0) is 12.8. The zero-order valence-corrected chi connectivity index (χ0v) is 10.5. The Hall–Kier alpha value is -1.50. The van der Waals surface area contributed by atoms with E-state index in [-0.39, 0.29) is 11.7 Å². The van der Waals surface area contributed by atoms with Crippen LogP contribution in [0.3, 0.4) is 0 Å². The van der Waals surface area contributed by atoms with Gasteiger partial charge in [-0.15, -0.1) is 0 Å². The first-order chi connectivity index (χ1) is 8.04. The van der Waals surface area contributed by atoms with Gasteiger partial charge >= 0.3 is 5.97 Å². The lowest BCUT2D eigenvalue weighted by molar-refractivity contribution is -0.140. The Labute approximate surface area is 103 Å². The third-order valence-electron chi connectivity index (χ3n) is 2.07. The number of rotatable bonds is 6. The number of aromatic nitrogens is 2. The Balaban J connectivity index is 2.57. The largest absolute Gasteiger partial charge is 0.480 e. The molecule has 1 amide bonds. The van der Waals surface area contributed by atoms with Crippen molar-refractivity contribution in [2.75, 3.05) is 5.75 Å². The Morgan fingerprint density at radius 3 is 2.88 bits per heavy atom. The van der Waals surface area contributed by atoms with E-state index in [1.165, 1.54) is 18.7 Å². The van der Waals surface area contributed by atoms with Gasteiger partial charge in [-0.3, -0.25) is 4.79 Å². The highest BCUT2D eigenvalue weighted by molar-refractivity contribution is 7.99. The van der Waals surface area contributed by atoms with Crippen molar-refractivity contribution in [3.05, 3.63) is 12.4 Å². The summed E-state index contributed by atoms with van der Waals surface area (Å²) in [5.74, 6) is -1.13. The second-order valence-corrected chi connectivity index (χ2v) is 4.39. The summed E-state index contributed by atoms with van der Waals surface area (Å²) in [6.07, 6.45) is 3.50. The molecule has 1 aromatic rings. The van der Waals surface area contributed by atoms with Crippen LogP contribution < -0.4 is 5.32 Å². The second-order valence-electron chi connectivity index (χ2n) is 3.40. The highest BCUT2D eigenvalue weighted by Crippen LogP contribution is 2.16. The third kappa shape index (κ3) is 4.10. The molecule has 7 heteroatoms. The van der Waals surface area contributed by atoms with Crippen LogP contribution >= 0.6 is 11.8 Å². The molecule has 0 aliphatic carbocycles. The number of nitrogens with zero attached hydrogens (tertiary/aromatic N) is 2. The molecule has 0 saturated carbocycles. The number of hydrogen-bond acceptors (Lipinski definition) is 4. The monoisotopic (exact) mass is 257 g/mol. The topological polar surface area (TPSA) is 84.2 Å². The van der Waals surface area contributed by atoms with Gasteiger partial charge in [0.15, 0.2) is 5.16 Å². The van der Waals surface area contributed by atoms with Crippen LogP contribution in [0.5, 0.6) is 0 Å². The number of nitrogens with one attached hydrogen (secondary N) is 1. The van der Waals surface area contributed by atoms with Crippen molar-refractivity contribution >= 4 is 23.6 Å². The average Bonchev–Trinajstić information content (AvgIpc) is 2.70. The standard InChI is InChI=1S/C10H15N3O3S/c1-3-13-5-4-11-10(13)17-6-8(9(15)16)12-7(2)14/h4-5,8H,3,6H2,1-2H3,(H,12,14)(H,15,16)/t8-/m0/s1. The maximum absolute atomic E-state index is 10.9. The molecular formula is C10H15N3O3S. The van der Waals surface area contributed by atoms with Crippen molar-refractivity contribution in [3.8, 4) is 0 Å². The number of carbonyl (C=O) groups is 2. The summed E-state index contributed by atoms with van der Waals surface area (Å²) in [5, 5.41) is 12.1. The maximum Gasteiger partial charge on any atom is 0.327 e. The third-order valence-corrected chi connectivity index (χ3v) is 3.17. The number of amides is 1. The first-order valence-electron chi connectivity index (χ1n) is 5.18. The number of carboxylic acids is 1. The van der Waals surface area contributed by atoms with Crippen LogP contribution in [0.25, 0.3) is 0 Å². The van der Waals surface area contributed by atoms with Gasteiger partial charge in [-0.1, -0.05) is 11.8 Å². The van der Waals surface area contributed by atoms with Crippen LogP contribution in [-0.2, 0) is 16.1 Å². The molecule has 0 aliphatic heterocycles. The van der Waals surface area contributed by atoms with Gasteiger partial charge in [0.25, 0.3) is 0 Å². The summed E-state index contributed by atoms with van der Waals surface area (Å²) in [5.41, 5.74) is 0. The fourth-order valence-corrected chi connectivity index (χ4v) is 2.29. The second kappa shape index (κ2) is 6.29. The van der Waals surface area contributed by atoms with Crippen molar-refractivity contribution < 1.29 is 14.7 Å². The van der Waals surface area contributed by atoms with Crippen LogP contribution in [0.1, 0.15) is 13.8 Å². The van der Waals surface area contributed by atoms with Gasteiger partial charge in [-0.05, 0) is 6.92 Å². The van der Waals surface area contributed by atoms with Crippen LogP contribution in [0.15, 0.2) is 17.6 Å². The molecule has 94 valence electrons. The Morgan fingerprint density at radius 1 is 1.65 bits per heavy atom. The van der Waals surface area contributed by atoms with Gasteiger partial charge in [-0.25, -0.2) is 9.78 Å². The summed E-state index contributed by atoms with van der Waals surface area (Å²) in [6.45, 7) is 4.06. The molecular weight excluding hydrogens is 242 g/mol. The van der Waals surface area contributed by atoms with E-state index in [9.17, 15) is 9.59 Å². The lowest BCUT2D eigenvalue weighted by Crippen LogP contribution is -2.41. The van der Waals surface area contributed by atoms with Crippen molar-refractivity contribution in [3.63, 3.8) is 0 Å². The molecule has 1 rings (SSSR count). The first kappa shape index (κ1) is 13.6. The molecule has 0 saturated heterocycles. The number of carboxylic acid groups (broad SMARTS) is 1. The number of aryl methyl sites for hydroxylation is 1. The molecule has 0 spiro atoms. The summed E-state index contributed by atoms with van der Waals surface area (Å²) in [4.78, 5) is 25.8. The van der Waals surface area contributed by atoms with Crippen molar-refractivity contribution in [1.82, 2.24) is 14.9 Å². The summed E-state index contributed by atoms with van der Waals surface area (Å²) < 4.78 is 1.91. The number of carbonyl (C=O) groups excluding carboxylic acids is 1. The zero-order valence-electron chi connectivity index (χ0n) is 9.71.